The normalized spacial score (nSPS) is 16.5. The van der Waals surface area contributed by atoms with Crippen molar-refractivity contribution in [3.8, 4) is 5.75 Å². The Morgan fingerprint density at radius 2 is 2.18 bits per heavy atom. The lowest BCUT2D eigenvalue weighted by Crippen LogP contribution is -2.53. The second-order valence-corrected chi connectivity index (χ2v) is 5.27. The first-order valence-corrected chi connectivity index (χ1v) is 6.91. The number of fused-ring (bicyclic) bond motifs is 1. The summed E-state index contributed by atoms with van der Waals surface area (Å²) in [6, 6.07) is 4.70. The predicted molar refractivity (Wildman–Crippen MR) is 80.3 cm³/mol. The molecule has 0 saturated carbocycles. The van der Waals surface area contributed by atoms with Crippen molar-refractivity contribution >= 4 is 24.7 Å². The van der Waals surface area contributed by atoms with Crippen LogP contribution in [0.5, 0.6) is 5.75 Å². The van der Waals surface area contributed by atoms with E-state index in [0.717, 1.165) is 0 Å². The van der Waals surface area contributed by atoms with Crippen molar-refractivity contribution in [2.24, 2.45) is 0 Å². The van der Waals surface area contributed by atoms with Crippen LogP contribution in [0.25, 0.3) is 0 Å². The van der Waals surface area contributed by atoms with Crippen molar-refractivity contribution in [3.63, 3.8) is 0 Å². The van der Waals surface area contributed by atoms with Crippen molar-refractivity contribution < 1.29 is 24.4 Å². The molecule has 0 unspecified atom stereocenters. The molecule has 1 amide bonds. The van der Waals surface area contributed by atoms with Gasteiger partial charge in [-0.3, -0.25) is 4.79 Å². The Labute approximate surface area is 127 Å². The van der Waals surface area contributed by atoms with Gasteiger partial charge in [0.1, 0.15) is 5.75 Å². The van der Waals surface area contributed by atoms with Gasteiger partial charge >= 0.3 is 13.1 Å². The lowest BCUT2D eigenvalue weighted by Gasteiger charge is -2.28. The highest BCUT2D eigenvalue weighted by atomic mass is 16.5. The summed E-state index contributed by atoms with van der Waals surface area (Å²) in [4.78, 5) is 22.9. The lowest BCUT2D eigenvalue weighted by molar-refractivity contribution is -0.121. The predicted octanol–water partition coefficient (Wildman–Crippen LogP) is 0.644. The summed E-state index contributed by atoms with van der Waals surface area (Å²) >= 11 is 0. The lowest BCUT2D eigenvalue weighted by atomic mass is 9.72. The van der Waals surface area contributed by atoms with Gasteiger partial charge in [-0.25, -0.2) is 4.79 Å². The van der Waals surface area contributed by atoms with E-state index in [2.05, 4.69) is 5.32 Å². The van der Waals surface area contributed by atoms with Crippen LogP contribution < -0.4 is 9.97 Å². The van der Waals surface area contributed by atoms with E-state index in [4.69, 9.17) is 15.2 Å². The molecule has 1 atom stereocenters. The van der Waals surface area contributed by atoms with Crippen LogP contribution in [0.2, 0.25) is 0 Å². The van der Waals surface area contributed by atoms with Crippen LogP contribution in [-0.4, -0.2) is 40.8 Å². The monoisotopic (exact) mass is 304 g/mol. The highest BCUT2D eigenvalue weighted by molar-refractivity contribution is 6.47. The number of carbonyl (C=O) groups is 2. The van der Waals surface area contributed by atoms with Crippen LogP contribution >= 0.6 is 0 Å². The average molecular weight is 304 g/mol. The van der Waals surface area contributed by atoms with Crippen molar-refractivity contribution in [2.75, 3.05) is 0 Å². The zero-order valence-electron chi connectivity index (χ0n) is 12.1. The zero-order valence-corrected chi connectivity index (χ0v) is 12.1. The molecule has 0 aliphatic carbocycles. The summed E-state index contributed by atoms with van der Waals surface area (Å²) in [7, 11) is -1.31. The SMILES string of the molecule is CC(=N)CCC(=O)N[C@H]1Cc2cccc(C(=O)O)c2OB1O. The summed E-state index contributed by atoms with van der Waals surface area (Å²) in [6.07, 6.45) is 0.808. The van der Waals surface area contributed by atoms with Crippen molar-refractivity contribution in [1.82, 2.24) is 5.32 Å². The minimum atomic E-state index is -1.31. The van der Waals surface area contributed by atoms with Gasteiger partial charge in [-0.2, -0.15) is 0 Å². The van der Waals surface area contributed by atoms with E-state index in [-0.39, 0.29) is 30.1 Å². The van der Waals surface area contributed by atoms with Gasteiger partial charge < -0.3 is 25.5 Å². The largest absolute Gasteiger partial charge is 0.547 e. The standard InChI is InChI=1S/C14H17BN2O5/c1-8(16)5-6-12(18)17-11-7-9-3-2-4-10(14(19)20)13(9)22-15(11)21/h2-4,11,16,21H,5-7H2,1H3,(H,17,18)(H,19,20)/t11-/m0/s1. The number of para-hydroxylation sites is 1. The molecular weight excluding hydrogens is 287 g/mol. The van der Waals surface area contributed by atoms with E-state index in [1.165, 1.54) is 6.07 Å². The quantitative estimate of drug-likeness (QED) is 0.470. The molecule has 1 aliphatic heterocycles. The van der Waals surface area contributed by atoms with Gasteiger partial charge in [0.25, 0.3) is 0 Å². The fraction of sp³-hybridized carbons (Fsp3) is 0.357. The maximum Gasteiger partial charge on any atom is 0.547 e. The van der Waals surface area contributed by atoms with Crippen molar-refractivity contribution in [3.05, 3.63) is 29.3 Å². The minimum Gasteiger partial charge on any atom is -0.534 e. The van der Waals surface area contributed by atoms with E-state index in [9.17, 15) is 14.6 Å². The van der Waals surface area contributed by atoms with E-state index < -0.39 is 19.0 Å². The Kier molecular flexibility index (Phi) is 4.82. The molecule has 1 heterocycles. The zero-order chi connectivity index (χ0) is 16.3. The van der Waals surface area contributed by atoms with Crippen LogP contribution in [-0.2, 0) is 11.2 Å². The van der Waals surface area contributed by atoms with Crippen LogP contribution in [0.4, 0.5) is 0 Å². The van der Waals surface area contributed by atoms with Crippen LogP contribution in [0, 0.1) is 5.41 Å². The van der Waals surface area contributed by atoms with E-state index in [0.29, 0.717) is 17.7 Å². The van der Waals surface area contributed by atoms with Gasteiger partial charge in [-0.05, 0) is 31.4 Å². The summed E-state index contributed by atoms with van der Waals surface area (Å²) in [5.74, 6) is -1.91. The molecule has 0 radical (unpaired) electrons. The summed E-state index contributed by atoms with van der Waals surface area (Å²) < 4.78 is 5.28. The molecule has 7 nitrogen and oxygen atoms in total. The average Bonchev–Trinajstić information content (AvgIpc) is 2.45. The molecule has 8 heteroatoms. The molecular formula is C14H17BN2O5. The van der Waals surface area contributed by atoms with E-state index in [1.54, 1.807) is 19.1 Å². The number of aromatic carboxylic acids is 1. The first-order chi connectivity index (χ1) is 10.4. The first-order valence-electron chi connectivity index (χ1n) is 6.91. The van der Waals surface area contributed by atoms with Gasteiger partial charge in [0.2, 0.25) is 5.91 Å². The number of rotatable bonds is 5. The molecule has 4 N–H and O–H groups in total. The highest BCUT2D eigenvalue weighted by Gasteiger charge is 2.37. The Balaban J connectivity index is 2.09. The number of hydrogen-bond donors (Lipinski definition) is 4. The van der Waals surface area contributed by atoms with Gasteiger partial charge in [0.15, 0.2) is 0 Å². The smallest absolute Gasteiger partial charge is 0.534 e. The number of carboxylic acids is 1. The summed E-state index contributed by atoms with van der Waals surface area (Å²) in [6.45, 7) is 1.62. The highest BCUT2D eigenvalue weighted by Crippen LogP contribution is 2.30. The topological polar surface area (TPSA) is 120 Å². The van der Waals surface area contributed by atoms with Crippen LogP contribution in [0.1, 0.15) is 35.7 Å². The number of nitrogens with one attached hydrogen (secondary N) is 2. The van der Waals surface area contributed by atoms with Crippen molar-refractivity contribution in [1.29, 1.82) is 5.41 Å². The Bertz CT molecular complexity index is 619. The second-order valence-electron chi connectivity index (χ2n) is 5.27. The fourth-order valence-corrected chi connectivity index (χ4v) is 2.30. The molecule has 2 rings (SSSR count). The summed E-state index contributed by atoms with van der Waals surface area (Å²) in [5.41, 5.74) is 1.02. The maximum atomic E-state index is 11.8. The number of benzene rings is 1. The Morgan fingerprint density at radius 1 is 1.45 bits per heavy atom. The Hall–Kier alpha value is -2.35. The van der Waals surface area contributed by atoms with Gasteiger partial charge in [-0.15, -0.1) is 0 Å². The number of hydrogen-bond acceptors (Lipinski definition) is 5. The van der Waals surface area contributed by atoms with Crippen LogP contribution in [0.15, 0.2) is 18.2 Å². The molecule has 0 spiro atoms. The van der Waals surface area contributed by atoms with Gasteiger partial charge in [0.05, 0.1) is 11.5 Å². The van der Waals surface area contributed by atoms with Gasteiger partial charge in [0, 0.05) is 12.1 Å². The number of carboxylic acid groups (broad SMARTS) is 1. The van der Waals surface area contributed by atoms with E-state index in [1.807, 2.05) is 0 Å². The molecule has 116 valence electrons. The van der Waals surface area contributed by atoms with E-state index >= 15 is 0 Å². The number of amides is 1. The molecule has 1 aromatic carbocycles. The maximum absolute atomic E-state index is 11.8. The minimum absolute atomic E-state index is 0.0132. The molecule has 0 bridgehead atoms. The molecule has 1 aliphatic rings. The summed E-state index contributed by atoms with van der Waals surface area (Å²) in [5, 5.41) is 29.0. The third kappa shape index (κ3) is 3.64. The number of carbonyl (C=O) groups excluding carboxylic acids is 1. The van der Waals surface area contributed by atoms with Gasteiger partial charge in [-0.1, -0.05) is 12.1 Å². The third-order valence-electron chi connectivity index (χ3n) is 3.42. The Morgan fingerprint density at radius 3 is 2.82 bits per heavy atom. The molecule has 1 aromatic rings. The second kappa shape index (κ2) is 6.61. The molecule has 0 aromatic heterocycles. The fourth-order valence-electron chi connectivity index (χ4n) is 2.30. The third-order valence-corrected chi connectivity index (χ3v) is 3.42. The molecule has 22 heavy (non-hydrogen) atoms. The molecule has 0 saturated heterocycles. The molecule has 0 fully saturated rings. The van der Waals surface area contributed by atoms with Crippen molar-refractivity contribution in [2.45, 2.75) is 32.1 Å². The first kappa shape index (κ1) is 16.0. The van der Waals surface area contributed by atoms with Crippen LogP contribution in [0.3, 0.4) is 0 Å².